The van der Waals surface area contributed by atoms with Crippen molar-refractivity contribution < 1.29 is 0 Å². The molecule has 1 aromatic carbocycles. The second-order valence-corrected chi connectivity index (χ2v) is 6.24. The van der Waals surface area contributed by atoms with Crippen LogP contribution in [0.25, 0.3) is 0 Å². The average molecular weight is 326 g/mol. The Morgan fingerprint density at radius 2 is 1.53 bits per heavy atom. The molecule has 108 valence electrons. The minimum Gasteiger partial charge on any atom is -0.310 e. The molecule has 1 N–H and O–H groups in total. The van der Waals surface area contributed by atoms with Gasteiger partial charge in [-0.25, -0.2) is 0 Å². The Kier molecular flexibility index (Phi) is 8.40. The van der Waals surface area contributed by atoms with Crippen LogP contribution in [0.1, 0.15) is 64.5 Å². The summed E-state index contributed by atoms with van der Waals surface area (Å²) in [6.45, 7) is 7.92. The third-order valence-corrected chi connectivity index (χ3v) is 4.16. The SMILES string of the molecule is CCCNC(c1ccc(Br)cc1)C(CCC)CCC. The average Bonchev–Trinajstić information content (AvgIpc) is 2.41. The van der Waals surface area contributed by atoms with Crippen LogP contribution < -0.4 is 5.32 Å². The molecule has 0 fully saturated rings. The zero-order valence-electron chi connectivity index (χ0n) is 12.6. The van der Waals surface area contributed by atoms with Crippen molar-refractivity contribution in [3.05, 3.63) is 34.3 Å². The summed E-state index contributed by atoms with van der Waals surface area (Å²) < 4.78 is 1.16. The molecule has 0 spiro atoms. The highest BCUT2D eigenvalue weighted by Crippen LogP contribution is 2.30. The zero-order chi connectivity index (χ0) is 14.1. The maximum atomic E-state index is 3.76. The van der Waals surface area contributed by atoms with E-state index in [9.17, 15) is 0 Å². The fourth-order valence-electron chi connectivity index (χ4n) is 2.75. The van der Waals surface area contributed by atoms with E-state index in [0.29, 0.717) is 6.04 Å². The molecule has 0 heterocycles. The van der Waals surface area contributed by atoms with Gasteiger partial charge in [0.25, 0.3) is 0 Å². The molecule has 0 amide bonds. The van der Waals surface area contributed by atoms with Crippen molar-refractivity contribution in [1.82, 2.24) is 5.32 Å². The third kappa shape index (κ3) is 5.66. The van der Waals surface area contributed by atoms with Gasteiger partial charge in [0.1, 0.15) is 0 Å². The number of hydrogen-bond donors (Lipinski definition) is 1. The van der Waals surface area contributed by atoms with Crippen molar-refractivity contribution in [3.8, 4) is 0 Å². The Bertz CT molecular complexity index is 328. The maximum absolute atomic E-state index is 3.76. The van der Waals surface area contributed by atoms with Crippen LogP contribution in [-0.4, -0.2) is 6.54 Å². The van der Waals surface area contributed by atoms with Crippen molar-refractivity contribution in [2.45, 2.75) is 58.9 Å². The quantitative estimate of drug-likeness (QED) is 0.613. The molecule has 0 aliphatic rings. The first-order valence-electron chi connectivity index (χ1n) is 7.71. The molecule has 19 heavy (non-hydrogen) atoms. The lowest BCUT2D eigenvalue weighted by Gasteiger charge is -2.28. The molecule has 2 heteroatoms. The molecule has 1 atom stereocenters. The van der Waals surface area contributed by atoms with Crippen molar-refractivity contribution in [3.63, 3.8) is 0 Å². The summed E-state index contributed by atoms with van der Waals surface area (Å²) in [5.74, 6) is 0.753. The van der Waals surface area contributed by atoms with Gasteiger partial charge in [-0.3, -0.25) is 0 Å². The minimum absolute atomic E-state index is 0.507. The monoisotopic (exact) mass is 325 g/mol. The summed E-state index contributed by atoms with van der Waals surface area (Å²) in [6, 6.07) is 9.34. The van der Waals surface area contributed by atoms with Gasteiger partial charge < -0.3 is 5.32 Å². The van der Waals surface area contributed by atoms with Gasteiger partial charge in [0.2, 0.25) is 0 Å². The number of hydrogen-bond acceptors (Lipinski definition) is 1. The second kappa shape index (κ2) is 9.55. The number of halogens is 1. The van der Waals surface area contributed by atoms with Crippen molar-refractivity contribution >= 4 is 15.9 Å². The first kappa shape index (κ1) is 16.7. The lowest BCUT2D eigenvalue weighted by molar-refractivity contribution is 0.316. The van der Waals surface area contributed by atoms with Crippen LogP contribution in [0.15, 0.2) is 28.7 Å². The van der Waals surface area contributed by atoms with Gasteiger partial charge in [-0.15, -0.1) is 0 Å². The highest BCUT2D eigenvalue weighted by Gasteiger charge is 2.21. The van der Waals surface area contributed by atoms with Gasteiger partial charge >= 0.3 is 0 Å². The van der Waals surface area contributed by atoms with E-state index in [1.807, 2.05) is 0 Å². The molecule has 1 rings (SSSR count). The lowest BCUT2D eigenvalue weighted by Crippen LogP contribution is -2.29. The molecule has 1 nitrogen and oxygen atoms in total. The van der Waals surface area contributed by atoms with Gasteiger partial charge in [0, 0.05) is 10.5 Å². The normalized spacial score (nSPS) is 12.9. The summed E-state index contributed by atoms with van der Waals surface area (Å²) >= 11 is 3.53. The van der Waals surface area contributed by atoms with E-state index >= 15 is 0 Å². The highest BCUT2D eigenvalue weighted by atomic mass is 79.9. The Balaban J connectivity index is 2.86. The fourth-order valence-corrected chi connectivity index (χ4v) is 3.01. The summed E-state index contributed by atoms with van der Waals surface area (Å²) in [5, 5.41) is 3.76. The van der Waals surface area contributed by atoms with E-state index < -0.39 is 0 Å². The van der Waals surface area contributed by atoms with Gasteiger partial charge in [-0.1, -0.05) is 61.7 Å². The molecule has 0 saturated heterocycles. The molecule has 1 unspecified atom stereocenters. The Labute approximate surface area is 127 Å². The molecular weight excluding hydrogens is 298 g/mol. The van der Waals surface area contributed by atoms with Crippen molar-refractivity contribution in [2.75, 3.05) is 6.54 Å². The predicted molar refractivity (Wildman–Crippen MR) is 88.5 cm³/mol. The zero-order valence-corrected chi connectivity index (χ0v) is 14.2. The molecule has 0 saturated carbocycles. The first-order valence-corrected chi connectivity index (χ1v) is 8.51. The van der Waals surface area contributed by atoms with Crippen LogP contribution in [0.2, 0.25) is 0 Å². The Morgan fingerprint density at radius 3 is 2.00 bits per heavy atom. The van der Waals surface area contributed by atoms with Crippen LogP contribution in [0, 0.1) is 5.92 Å². The number of nitrogens with one attached hydrogen (secondary N) is 1. The lowest BCUT2D eigenvalue weighted by atomic mass is 9.86. The van der Waals surface area contributed by atoms with Gasteiger partial charge in [-0.05, 0) is 49.4 Å². The molecular formula is C17H28BrN. The number of benzene rings is 1. The minimum atomic E-state index is 0.507. The van der Waals surface area contributed by atoms with Gasteiger partial charge in [0.05, 0.1) is 0 Å². The van der Waals surface area contributed by atoms with E-state index in [1.165, 1.54) is 37.7 Å². The van der Waals surface area contributed by atoms with Crippen LogP contribution in [0.5, 0.6) is 0 Å². The van der Waals surface area contributed by atoms with Crippen LogP contribution >= 0.6 is 15.9 Å². The smallest absolute Gasteiger partial charge is 0.0348 e. The Hall–Kier alpha value is -0.340. The van der Waals surface area contributed by atoms with Crippen LogP contribution in [0.4, 0.5) is 0 Å². The topological polar surface area (TPSA) is 12.0 Å². The Morgan fingerprint density at radius 1 is 0.947 bits per heavy atom. The third-order valence-electron chi connectivity index (χ3n) is 3.63. The highest BCUT2D eigenvalue weighted by molar-refractivity contribution is 9.10. The first-order chi connectivity index (χ1) is 9.22. The van der Waals surface area contributed by atoms with E-state index in [2.05, 4.69) is 66.3 Å². The molecule has 0 aliphatic heterocycles. The summed E-state index contributed by atoms with van der Waals surface area (Å²) in [5.41, 5.74) is 1.43. The van der Waals surface area contributed by atoms with Gasteiger partial charge in [-0.2, -0.15) is 0 Å². The maximum Gasteiger partial charge on any atom is 0.0348 e. The summed E-state index contributed by atoms with van der Waals surface area (Å²) in [6.07, 6.45) is 6.35. The molecule has 0 aliphatic carbocycles. The second-order valence-electron chi connectivity index (χ2n) is 5.32. The van der Waals surface area contributed by atoms with E-state index in [-0.39, 0.29) is 0 Å². The number of rotatable bonds is 9. The van der Waals surface area contributed by atoms with E-state index in [0.717, 1.165) is 16.9 Å². The van der Waals surface area contributed by atoms with Crippen molar-refractivity contribution in [2.24, 2.45) is 5.92 Å². The van der Waals surface area contributed by atoms with E-state index in [1.54, 1.807) is 0 Å². The molecule has 0 aromatic heterocycles. The molecule has 1 aromatic rings. The van der Waals surface area contributed by atoms with Crippen LogP contribution in [0.3, 0.4) is 0 Å². The standard InChI is InChI=1S/C17H28BrN/c1-4-7-14(8-5-2)17(19-13-6-3)15-9-11-16(18)12-10-15/h9-12,14,17,19H,4-8,13H2,1-3H3. The summed E-state index contributed by atoms with van der Waals surface area (Å²) in [7, 11) is 0. The molecule has 0 bridgehead atoms. The molecule has 0 radical (unpaired) electrons. The van der Waals surface area contributed by atoms with E-state index in [4.69, 9.17) is 0 Å². The predicted octanol–water partition coefficient (Wildman–Crippen LogP) is 5.71. The fraction of sp³-hybridized carbons (Fsp3) is 0.647. The van der Waals surface area contributed by atoms with Gasteiger partial charge in [0.15, 0.2) is 0 Å². The largest absolute Gasteiger partial charge is 0.310 e. The van der Waals surface area contributed by atoms with Crippen molar-refractivity contribution in [1.29, 1.82) is 0 Å². The van der Waals surface area contributed by atoms with Crippen LogP contribution in [-0.2, 0) is 0 Å². The summed E-state index contributed by atoms with van der Waals surface area (Å²) in [4.78, 5) is 0.